The smallest absolute Gasteiger partial charge is 0.229 e. The van der Waals surface area contributed by atoms with Crippen molar-refractivity contribution in [2.75, 3.05) is 66.2 Å². The number of piperazine rings is 1. The average Bonchev–Trinajstić information content (AvgIpc) is 2.95. The van der Waals surface area contributed by atoms with E-state index < -0.39 is 0 Å². The molecule has 5 rings (SSSR count). The number of aromatic nitrogens is 2. The summed E-state index contributed by atoms with van der Waals surface area (Å²) in [5.74, 6) is 0.363. The average molecular weight is 559 g/mol. The second-order valence-electron chi connectivity index (χ2n) is 9.43. The van der Waals surface area contributed by atoms with Crippen LogP contribution in [0.1, 0.15) is 12.8 Å². The van der Waals surface area contributed by atoms with Crippen molar-refractivity contribution in [3.05, 3.63) is 59.5 Å². The van der Waals surface area contributed by atoms with E-state index in [2.05, 4.69) is 35.7 Å². The molecule has 9 nitrogen and oxygen atoms in total. The molecule has 3 aromatic rings. The van der Waals surface area contributed by atoms with Gasteiger partial charge >= 0.3 is 0 Å². The lowest BCUT2D eigenvalue weighted by Gasteiger charge is -2.41. The number of nitrogens with one attached hydrogen (secondary N) is 3. The van der Waals surface area contributed by atoms with Crippen LogP contribution >= 0.6 is 11.6 Å². The van der Waals surface area contributed by atoms with E-state index in [9.17, 15) is 4.21 Å². The van der Waals surface area contributed by atoms with E-state index in [-0.39, 0.29) is 23.6 Å². The first kappa shape index (κ1) is 26.6. The number of benzene rings is 2. The summed E-state index contributed by atoms with van der Waals surface area (Å²) in [6, 6.07) is 13.1. The van der Waals surface area contributed by atoms with Crippen molar-refractivity contribution in [2.45, 2.75) is 18.9 Å². The summed E-state index contributed by atoms with van der Waals surface area (Å²) in [6.07, 6.45) is 3.56. The van der Waals surface area contributed by atoms with E-state index >= 15 is 4.39 Å². The quantitative estimate of drug-likeness (QED) is 0.309. The molecule has 0 amide bonds. The summed E-state index contributed by atoms with van der Waals surface area (Å²) >= 11 is 6.20. The first-order chi connectivity index (χ1) is 18.5. The van der Waals surface area contributed by atoms with Gasteiger partial charge in [-0.1, -0.05) is 23.7 Å². The molecule has 2 saturated heterocycles. The predicted octanol–water partition coefficient (Wildman–Crippen LogP) is 3.93. The predicted molar refractivity (Wildman–Crippen MR) is 154 cm³/mol. The van der Waals surface area contributed by atoms with Gasteiger partial charge in [-0.05, 0) is 43.2 Å². The second-order valence-corrected chi connectivity index (χ2v) is 10.6. The van der Waals surface area contributed by atoms with Gasteiger partial charge in [0.2, 0.25) is 5.95 Å². The Balaban J connectivity index is 1.25. The van der Waals surface area contributed by atoms with Gasteiger partial charge in [-0.2, -0.15) is 4.98 Å². The summed E-state index contributed by atoms with van der Waals surface area (Å²) < 4.78 is 28.1. The SMILES string of the molecule is CN([SH]=O)c1ccccc1Nc1nc(Nc2ccc(N3CCC(N4CCNCC4)CC3)c(F)c2)ncc1Cl. The normalized spacial score (nSPS) is 16.9. The van der Waals surface area contributed by atoms with Crippen molar-refractivity contribution in [3.8, 4) is 0 Å². The molecule has 0 radical (unpaired) electrons. The third-order valence-electron chi connectivity index (χ3n) is 7.05. The van der Waals surface area contributed by atoms with Gasteiger partial charge in [0.1, 0.15) is 22.7 Å². The first-order valence-electron chi connectivity index (χ1n) is 12.7. The lowest BCUT2D eigenvalue weighted by atomic mass is 10.0. The molecule has 2 fully saturated rings. The number of rotatable bonds is 8. The number of thiol groups is 1. The topological polar surface area (TPSA) is 88.7 Å². The van der Waals surface area contributed by atoms with Gasteiger partial charge in [-0.3, -0.25) is 9.21 Å². The fourth-order valence-corrected chi connectivity index (χ4v) is 5.44. The van der Waals surface area contributed by atoms with Crippen LogP contribution in [-0.2, 0) is 11.9 Å². The molecule has 0 atom stereocenters. The summed E-state index contributed by atoms with van der Waals surface area (Å²) in [5.41, 5.74) is 2.55. The van der Waals surface area contributed by atoms with Crippen molar-refractivity contribution in [1.29, 1.82) is 0 Å². The van der Waals surface area contributed by atoms with Crippen molar-refractivity contribution >= 4 is 58.0 Å². The van der Waals surface area contributed by atoms with Crippen molar-refractivity contribution < 1.29 is 8.60 Å². The molecule has 3 N–H and O–H groups in total. The standard InChI is InChI=1S/C26H32ClFN8OS/c1-34(38-37)24-5-3-2-4-22(24)32-25-20(27)17-30-26(33-25)31-18-6-7-23(21(28)16-18)36-12-8-19(9-13-36)35-14-10-29-11-15-35/h2-7,16-17,19,29,38H,8-15H2,1H3,(H2,30,31,32,33). The highest BCUT2D eigenvalue weighted by atomic mass is 35.5. The maximum absolute atomic E-state index is 15.2. The number of piperidine rings is 1. The molecule has 0 saturated carbocycles. The second kappa shape index (κ2) is 12.2. The van der Waals surface area contributed by atoms with E-state index in [1.807, 2.05) is 36.4 Å². The van der Waals surface area contributed by atoms with Gasteiger partial charge in [0.15, 0.2) is 5.82 Å². The molecule has 0 aliphatic carbocycles. The monoisotopic (exact) mass is 558 g/mol. The maximum atomic E-state index is 15.2. The Kier molecular flexibility index (Phi) is 8.58. The zero-order chi connectivity index (χ0) is 26.5. The third-order valence-corrected chi connectivity index (χ3v) is 7.79. The Hall–Kier alpha value is -2.99. The highest BCUT2D eigenvalue weighted by molar-refractivity contribution is 7.67. The molecule has 1 aromatic heterocycles. The van der Waals surface area contributed by atoms with Crippen LogP contribution < -0.4 is 25.2 Å². The highest BCUT2D eigenvalue weighted by Gasteiger charge is 2.26. The van der Waals surface area contributed by atoms with Crippen LogP contribution in [0.3, 0.4) is 0 Å². The third kappa shape index (κ3) is 6.17. The van der Waals surface area contributed by atoms with E-state index in [0.29, 0.717) is 39.6 Å². The van der Waals surface area contributed by atoms with Gasteiger partial charge in [0.05, 0.1) is 23.3 Å². The Morgan fingerprint density at radius 2 is 1.87 bits per heavy atom. The molecule has 12 heteroatoms. The van der Waals surface area contributed by atoms with Crippen LogP contribution in [0.25, 0.3) is 0 Å². The Labute approximate surface area is 231 Å². The lowest BCUT2D eigenvalue weighted by molar-refractivity contribution is 0.150. The van der Waals surface area contributed by atoms with Gasteiger partial charge in [0.25, 0.3) is 0 Å². The Morgan fingerprint density at radius 3 is 2.61 bits per heavy atom. The van der Waals surface area contributed by atoms with Crippen LogP contribution in [0.5, 0.6) is 0 Å². The zero-order valence-electron chi connectivity index (χ0n) is 21.2. The van der Waals surface area contributed by atoms with E-state index in [4.69, 9.17) is 11.6 Å². The summed E-state index contributed by atoms with van der Waals surface area (Å²) in [6.45, 7) is 5.96. The van der Waals surface area contributed by atoms with Crippen LogP contribution in [-0.4, -0.2) is 71.4 Å². The van der Waals surface area contributed by atoms with Crippen molar-refractivity contribution in [1.82, 2.24) is 20.2 Å². The molecule has 0 unspecified atom stereocenters. The van der Waals surface area contributed by atoms with Crippen LogP contribution in [0.2, 0.25) is 5.02 Å². The minimum Gasteiger partial charge on any atom is -0.369 e. The molecular weight excluding hydrogens is 527 g/mol. The fourth-order valence-electron chi connectivity index (χ4n) is 5.04. The largest absolute Gasteiger partial charge is 0.369 e. The van der Waals surface area contributed by atoms with E-state index in [1.54, 1.807) is 11.4 Å². The van der Waals surface area contributed by atoms with Gasteiger partial charge in [-0.15, -0.1) is 0 Å². The number of hydrogen-bond donors (Lipinski definition) is 4. The summed E-state index contributed by atoms with van der Waals surface area (Å²) in [5, 5.41) is 9.97. The molecule has 0 spiro atoms. The Morgan fingerprint density at radius 1 is 1.11 bits per heavy atom. The van der Waals surface area contributed by atoms with Gasteiger partial charge in [-0.25, -0.2) is 13.6 Å². The maximum Gasteiger partial charge on any atom is 0.229 e. The molecule has 2 aliphatic heterocycles. The summed E-state index contributed by atoms with van der Waals surface area (Å²) in [7, 11) is 1.70. The minimum absolute atomic E-state index is 0.143. The number of nitrogens with zero attached hydrogens (tertiary/aromatic N) is 5. The Bertz CT molecular complexity index is 1270. The van der Waals surface area contributed by atoms with Crippen LogP contribution in [0.4, 0.5) is 38.9 Å². The van der Waals surface area contributed by atoms with Crippen molar-refractivity contribution in [3.63, 3.8) is 0 Å². The number of halogens is 2. The number of para-hydroxylation sites is 2. The molecule has 2 aliphatic rings. The van der Waals surface area contributed by atoms with E-state index in [0.717, 1.165) is 52.1 Å². The van der Waals surface area contributed by atoms with E-state index in [1.165, 1.54) is 12.3 Å². The number of hydrogen-bond acceptors (Lipinski definition) is 8. The molecular formula is C26H32ClFN8OS. The minimum atomic E-state index is -0.281. The molecule has 3 heterocycles. The summed E-state index contributed by atoms with van der Waals surface area (Å²) in [4.78, 5) is 13.4. The highest BCUT2D eigenvalue weighted by Crippen LogP contribution is 2.32. The molecule has 202 valence electrons. The number of anilines is 6. The molecule has 0 bridgehead atoms. The lowest BCUT2D eigenvalue weighted by Crippen LogP contribution is -2.52. The fraction of sp³-hybridized carbons (Fsp3) is 0.385. The first-order valence-corrected chi connectivity index (χ1v) is 13.9. The van der Waals surface area contributed by atoms with Gasteiger partial charge < -0.3 is 20.9 Å². The zero-order valence-corrected chi connectivity index (χ0v) is 22.9. The van der Waals surface area contributed by atoms with Crippen molar-refractivity contribution in [2.24, 2.45) is 0 Å². The van der Waals surface area contributed by atoms with Crippen LogP contribution in [0.15, 0.2) is 48.7 Å². The molecule has 2 aromatic carbocycles. The molecule has 38 heavy (non-hydrogen) atoms. The van der Waals surface area contributed by atoms with Gasteiger partial charge in [0, 0.05) is 58.0 Å². The van der Waals surface area contributed by atoms with Crippen LogP contribution in [0, 0.1) is 5.82 Å².